The second kappa shape index (κ2) is 6.61. The lowest BCUT2D eigenvalue weighted by molar-refractivity contribution is -0.157. The maximum absolute atomic E-state index is 12.0. The third kappa shape index (κ3) is 3.63. The SMILES string of the molecule is CCC(C)OC(=O)C(C(=O)O)c1cc(N)c(C)cc1Cl. The molecule has 0 amide bonds. The number of aryl methyl sites for hydroxylation is 1. The Kier molecular flexibility index (Phi) is 5.39. The van der Waals surface area contributed by atoms with Crippen LogP contribution in [0.2, 0.25) is 5.02 Å². The first-order chi connectivity index (χ1) is 9.27. The summed E-state index contributed by atoms with van der Waals surface area (Å²) in [5.41, 5.74) is 7.00. The summed E-state index contributed by atoms with van der Waals surface area (Å²) >= 11 is 6.03. The Morgan fingerprint density at radius 1 is 1.45 bits per heavy atom. The van der Waals surface area contributed by atoms with E-state index in [9.17, 15) is 14.7 Å². The van der Waals surface area contributed by atoms with Crippen molar-refractivity contribution in [2.75, 3.05) is 5.73 Å². The van der Waals surface area contributed by atoms with Crippen LogP contribution in [-0.4, -0.2) is 23.1 Å². The predicted molar refractivity (Wildman–Crippen MR) is 76.8 cm³/mol. The summed E-state index contributed by atoms with van der Waals surface area (Å²) in [5.74, 6) is -3.63. The zero-order valence-electron chi connectivity index (χ0n) is 11.6. The molecule has 2 unspecified atom stereocenters. The Balaban J connectivity index is 3.18. The van der Waals surface area contributed by atoms with Gasteiger partial charge in [0.15, 0.2) is 5.92 Å². The summed E-state index contributed by atoms with van der Waals surface area (Å²) < 4.78 is 5.08. The molecule has 0 saturated heterocycles. The Labute approximate surface area is 122 Å². The molecule has 0 aliphatic heterocycles. The smallest absolute Gasteiger partial charge is 0.325 e. The van der Waals surface area contributed by atoms with Crippen LogP contribution in [0, 0.1) is 6.92 Å². The summed E-state index contributed by atoms with van der Waals surface area (Å²) in [5, 5.41) is 9.45. The standard InChI is InChI=1S/C14H18ClNO4/c1-4-8(3)20-14(19)12(13(17)18)9-6-11(16)7(2)5-10(9)15/h5-6,8,12H,4,16H2,1-3H3,(H,17,18). The molecule has 0 heterocycles. The van der Waals surface area contributed by atoms with Crippen LogP contribution < -0.4 is 5.73 Å². The fourth-order valence-electron chi connectivity index (χ4n) is 1.64. The zero-order valence-corrected chi connectivity index (χ0v) is 12.4. The molecule has 3 N–H and O–H groups in total. The van der Waals surface area contributed by atoms with Crippen LogP contribution in [0.3, 0.4) is 0 Å². The number of rotatable bonds is 5. The monoisotopic (exact) mass is 299 g/mol. The number of nitrogens with two attached hydrogens (primary N) is 1. The fraction of sp³-hybridized carbons (Fsp3) is 0.429. The van der Waals surface area contributed by atoms with Gasteiger partial charge in [-0.25, -0.2) is 0 Å². The Morgan fingerprint density at radius 2 is 2.05 bits per heavy atom. The molecule has 0 fully saturated rings. The highest BCUT2D eigenvalue weighted by Gasteiger charge is 2.33. The van der Waals surface area contributed by atoms with Gasteiger partial charge in [0, 0.05) is 10.7 Å². The van der Waals surface area contributed by atoms with E-state index < -0.39 is 17.9 Å². The van der Waals surface area contributed by atoms with Gasteiger partial charge in [-0.2, -0.15) is 0 Å². The summed E-state index contributed by atoms with van der Waals surface area (Å²) in [7, 11) is 0. The highest BCUT2D eigenvalue weighted by atomic mass is 35.5. The molecule has 0 bridgehead atoms. The molecule has 1 aromatic rings. The van der Waals surface area contributed by atoms with Crippen molar-refractivity contribution < 1.29 is 19.4 Å². The van der Waals surface area contributed by atoms with E-state index in [0.717, 1.165) is 5.56 Å². The molecule has 0 aromatic heterocycles. The minimum Gasteiger partial charge on any atom is -0.480 e. The average molecular weight is 300 g/mol. The molecular weight excluding hydrogens is 282 g/mol. The van der Waals surface area contributed by atoms with Gasteiger partial charge in [0.1, 0.15) is 0 Å². The van der Waals surface area contributed by atoms with E-state index in [2.05, 4.69) is 0 Å². The number of carbonyl (C=O) groups excluding carboxylic acids is 1. The molecule has 5 nitrogen and oxygen atoms in total. The molecule has 1 rings (SSSR count). The summed E-state index contributed by atoms with van der Waals surface area (Å²) in [6.45, 7) is 5.28. The second-order valence-electron chi connectivity index (χ2n) is 4.66. The zero-order chi connectivity index (χ0) is 15.4. The molecule has 0 aliphatic rings. The Hall–Kier alpha value is -1.75. The van der Waals surface area contributed by atoms with Crippen molar-refractivity contribution in [1.82, 2.24) is 0 Å². The van der Waals surface area contributed by atoms with Gasteiger partial charge in [-0.05, 0) is 43.5 Å². The van der Waals surface area contributed by atoms with Crippen LogP contribution in [0.5, 0.6) is 0 Å². The molecule has 2 atom stereocenters. The van der Waals surface area contributed by atoms with Crippen LogP contribution in [0.25, 0.3) is 0 Å². The number of anilines is 1. The van der Waals surface area contributed by atoms with E-state index in [1.165, 1.54) is 6.07 Å². The number of esters is 1. The van der Waals surface area contributed by atoms with Crippen LogP contribution >= 0.6 is 11.6 Å². The topological polar surface area (TPSA) is 89.6 Å². The molecule has 0 radical (unpaired) electrons. The van der Waals surface area contributed by atoms with Gasteiger partial charge >= 0.3 is 11.9 Å². The van der Waals surface area contributed by atoms with E-state index in [4.69, 9.17) is 22.1 Å². The minimum atomic E-state index is -1.47. The van der Waals surface area contributed by atoms with Crippen molar-refractivity contribution >= 4 is 29.2 Å². The van der Waals surface area contributed by atoms with E-state index >= 15 is 0 Å². The van der Waals surface area contributed by atoms with Crippen LogP contribution in [0.15, 0.2) is 12.1 Å². The number of hydrogen-bond donors (Lipinski definition) is 2. The van der Waals surface area contributed by atoms with Gasteiger partial charge in [-0.3, -0.25) is 9.59 Å². The third-order valence-corrected chi connectivity index (χ3v) is 3.40. The fourth-order valence-corrected chi connectivity index (χ4v) is 1.97. The first-order valence-electron chi connectivity index (χ1n) is 6.26. The number of carboxylic acids is 1. The molecule has 6 heteroatoms. The molecule has 1 aromatic carbocycles. The van der Waals surface area contributed by atoms with Crippen molar-refractivity contribution in [3.05, 3.63) is 28.3 Å². The van der Waals surface area contributed by atoms with Crippen molar-refractivity contribution in [3.63, 3.8) is 0 Å². The summed E-state index contributed by atoms with van der Waals surface area (Å²) in [6, 6.07) is 2.95. The van der Waals surface area contributed by atoms with Crippen LogP contribution in [-0.2, 0) is 14.3 Å². The normalized spacial score (nSPS) is 13.6. The molecule has 110 valence electrons. The maximum Gasteiger partial charge on any atom is 0.325 e. The molecule has 0 aliphatic carbocycles. The second-order valence-corrected chi connectivity index (χ2v) is 5.06. The lowest BCUT2D eigenvalue weighted by atomic mass is 9.97. The van der Waals surface area contributed by atoms with E-state index in [0.29, 0.717) is 12.1 Å². The Bertz CT molecular complexity index is 530. The van der Waals surface area contributed by atoms with Gasteiger partial charge in [-0.1, -0.05) is 18.5 Å². The minimum absolute atomic E-state index is 0.149. The number of ether oxygens (including phenoxy) is 1. The summed E-state index contributed by atoms with van der Waals surface area (Å²) in [4.78, 5) is 23.4. The van der Waals surface area contributed by atoms with Gasteiger partial charge in [-0.15, -0.1) is 0 Å². The van der Waals surface area contributed by atoms with Gasteiger partial charge < -0.3 is 15.6 Å². The lowest BCUT2D eigenvalue weighted by Gasteiger charge is -2.18. The van der Waals surface area contributed by atoms with E-state index in [-0.39, 0.29) is 16.7 Å². The number of nitrogen functional groups attached to an aromatic ring is 1. The number of benzene rings is 1. The number of carbonyl (C=O) groups is 2. The van der Waals surface area contributed by atoms with E-state index in [1.54, 1.807) is 19.9 Å². The maximum atomic E-state index is 12.0. The van der Waals surface area contributed by atoms with Crippen LogP contribution in [0.4, 0.5) is 5.69 Å². The highest BCUT2D eigenvalue weighted by molar-refractivity contribution is 6.32. The van der Waals surface area contributed by atoms with Gasteiger partial charge in [0.05, 0.1) is 6.10 Å². The highest BCUT2D eigenvalue weighted by Crippen LogP contribution is 2.30. The number of aliphatic carboxylic acids is 1. The van der Waals surface area contributed by atoms with Crippen molar-refractivity contribution in [2.45, 2.75) is 39.2 Å². The largest absolute Gasteiger partial charge is 0.480 e. The number of hydrogen-bond acceptors (Lipinski definition) is 4. The molecule has 20 heavy (non-hydrogen) atoms. The molecular formula is C14H18ClNO4. The van der Waals surface area contributed by atoms with Crippen molar-refractivity contribution in [1.29, 1.82) is 0 Å². The first kappa shape index (κ1) is 16.3. The van der Waals surface area contributed by atoms with Gasteiger partial charge in [0.25, 0.3) is 0 Å². The number of halogens is 1. The molecule has 0 spiro atoms. The summed E-state index contributed by atoms with van der Waals surface area (Å²) in [6.07, 6.45) is 0.243. The van der Waals surface area contributed by atoms with Crippen molar-refractivity contribution in [2.24, 2.45) is 0 Å². The number of carboxylic acid groups (broad SMARTS) is 1. The van der Waals surface area contributed by atoms with E-state index in [1.807, 2.05) is 6.92 Å². The quantitative estimate of drug-likeness (QED) is 0.496. The Morgan fingerprint density at radius 3 is 2.55 bits per heavy atom. The predicted octanol–water partition coefficient (Wildman–Crippen LogP) is 2.74. The van der Waals surface area contributed by atoms with Crippen molar-refractivity contribution in [3.8, 4) is 0 Å². The van der Waals surface area contributed by atoms with Crippen LogP contribution in [0.1, 0.15) is 37.3 Å². The van der Waals surface area contributed by atoms with Gasteiger partial charge in [0.2, 0.25) is 0 Å². The third-order valence-electron chi connectivity index (χ3n) is 3.07. The first-order valence-corrected chi connectivity index (χ1v) is 6.64. The average Bonchev–Trinajstić information content (AvgIpc) is 2.35. The lowest BCUT2D eigenvalue weighted by Crippen LogP contribution is -2.27. The molecule has 0 saturated carbocycles.